The molecule has 22 heavy (non-hydrogen) atoms. The summed E-state index contributed by atoms with van der Waals surface area (Å²) in [6, 6.07) is 15.5. The Morgan fingerprint density at radius 2 is 1.41 bits per heavy atom. The fraction of sp³-hybridized carbons (Fsp3) is 0.118. The monoisotopic (exact) mass is 357 g/mol. The third-order valence-corrected chi connectivity index (χ3v) is 4.27. The van der Waals surface area contributed by atoms with Gasteiger partial charge in [0.25, 0.3) is 11.8 Å². The third kappa shape index (κ3) is 2.48. The van der Waals surface area contributed by atoms with Crippen LogP contribution in [-0.2, 0) is 0 Å². The van der Waals surface area contributed by atoms with E-state index in [-0.39, 0.29) is 24.1 Å². The Bertz CT molecular complexity index is 723. The van der Waals surface area contributed by atoms with Crippen molar-refractivity contribution in [2.75, 3.05) is 6.54 Å². The normalized spacial score (nSPS) is 14.9. The Morgan fingerprint density at radius 1 is 0.909 bits per heavy atom. The molecular formula is C17H12BrNO3. The van der Waals surface area contributed by atoms with Crippen molar-refractivity contribution in [3.63, 3.8) is 0 Å². The molecule has 0 radical (unpaired) electrons. The van der Waals surface area contributed by atoms with Crippen LogP contribution in [-0.4, -0.2) is 33.9 Å². The number of alkyl halides is 1. The summed E-state index contributed by atoms with van der Waals surface area (Å²) in [6.07, 6.45) is 0. The van der Waals surface area contributed by atoms with Crippen molar-refractivity contribution in [2.45, 2.75) is 4.83 Å². The summed E-state index contributed by atoms with van der Waals surface area (Å²) in [7, 11) is 0. The van der Waals surface area contributed by atoms with Crippen LogP contribution in [0.5, 0.6) is 0 Å². The molecule has 0 bridgehead atoms. The van der Waals surface area contributed by atoms with Crippen LogP contribution in [0.1, 0.15) is 31.1 Å². The minimum Gasteiger partial charge on any atom is -0.293 e. The van der Waals surface area contributed by atoms with Gasteiger partial charge in [-0.2, -0.15) is 0 Å². The highest BCUT2D eigenvalue weighted by atomic mass is 79.9. The first-order valence-electron chi connectivity index (χ1n) is 6.78. The van der Waals surface area contributed by atoms with Gasteiger partial charge in [0.1, 0.15) is 0 Å². The fourth-order valence-corrected chi connectivity index (χ4v) is 2.99. The van der Waals surface area contributed by atoms with E-state index < -0.39 is 4.83 Å². The first kappa shape index (κ1) is 14.7. The van der Waals surface area contributed by atoms with Crippen molar-refractivity contribution in [2.24, 2.45) is 0 Å². The van der Waals surface area contributed by atoms with Crippen LogP contribution in [0.4, 0.5) is 0 Å². The van der Waals surface area contributed by atoms with Crippen LogP contribution < -0.4 is 0 Å². The molecule has 0 aliphatic carbocycles. The number of imide groups is 1. The van der Waals surface area contributed by atoms with Crippen molar-refractivity contribution in [3.8, 4) is 0 Å². The molecule has 2 aromatic rings. The van der Waals surface area contributed by atoms with Crippen LogP contribution in [0, 0.1) is 0 Å². The molecule has 1 aliphatic rings. The van der Waals surface area contributed by atoms with Crippen molar-refractivity contribution in [3.05, 3.63) is 71.3 Å². The number of hydrogen-bond acceptors (Lipinski definition) is 3. The van der Waals surface area contributed by atoms with Crippen LogP contribution in [0.2, 0.25) is 0 Å². The molecule has 1 aliphatic heterocycles. The van der Waals surface area contributed by atoms with E-state index in [0.717, 1.165) is 4.90 Å². The zero-order chi connectivity index (χ0) is 15.7. The lowest BCUT2D eigenvalue weighted by Crippen LogP contribution is -2.37. The third-order valence-electron chi connectivity index (χ3n) is 3.56. The van der Waals surface area contributed by atoms with Crippen molar-refractivity contribution < 1.29 is 14.4 Å². The van der Waals surface area contributed by atoms with Gasteiger partial charge < -0.3 is 0 Å². The molecule has 1 heterocycles. The number of carbonyl (C=O) groups is 3. The minimum absolute atomic E-state index is 0.0140. The van der Waals surface area contributed by atoms with Gasteiger partial charge in [-0.1, -0.05) is 58.4 Å². The Morgan fingerprint density at radius 3 is 1.95 bits per heavy atom. The number of fused-ring (bicyclic) bond motifs is 1. The van der Waals surface area contributed by atoms with E-state index in [1.54, 1.807) is 48.5 Å². The van der Waals surface area contributed by atoms with Crippen molar-refractivity contribution in [1.82, 2.24) is 4.90 Å². The zero-order valence-electron chi connectivity index (χ0n) is 11.5. The molecule has 110 valence electrons. The van der Waals surface area contributed by atoms with Gasteiger partial charge in [0.2, 0.25) is 0 Å². The highest BCUT2D eigenvalue weighted by Crippen LogP contribution is 2.24. The lowest BCUT2D eigenvalue weighted by molar-refractivity contribution is 0.0653. The SMILES string of the molecule is O=C(c1ccccc1)[C@H](Br)CN1C(=O)c2ccccc2C1=O. The molecule has 4 nitrogen and oxygen atoms in total. The van der Waals surface area contributed by atoms with E-state index in [1.165, 1.54) is 0 Å². The number of amides is 2. The molecular weight excluding hydrogens is 346 g/mol. The summed E-state index contributed by atoms with van der Waals surface area (Å²) in [5.41, 5.74) is 1.32. The van der Waals surface area contributed by atoms with Gasteiger partial charge in [0.05, 0.1) is 16.0 Å². The summed E-state index contributed by atoms with van der Waals surface area (Å²) >= 11 is 3.29. The second-order valence-electron chi connectivity index (χ2n) is 4.96. The first-order chi connectivity index (χ1) is 10.6. The second-order valence-corrected chi connectivity index (χ2v) is 6.07. The van der Waals surface area contributed by atoms with Crippen molar-refractivity contribution >= 4 is 33.5 Å². The number of Topliss-reactive ketones (excluding diaryl/α,β-unsaturated/α-hetero) is 1. The van der Waals surface area contributed by atoms with Crippen LogP contribution in [0.15, 0.2) is 54.6 Å². The largest absolute Gasteiger partial charge is 0.293 e. The van der Waals surface area contributed by atoms with Gasteiger partial charge >= 0.3 is 0 Å². The van der Waals surface area contributed by atoms with E-state index >= 15 is 0 Å². The summed E-state index contributed by atoms with van der Waals surface area (Å²) < 4.78 is 0. The molecule has 2 amide bonds. The lowest BCUT2D eigenvalue weighted by Gasteiger charge is -2.17. The molecule has 0 unspecified atom stereocenters. The number of carbonyl (C=O) groups excluding carboxylic acids is 3. The Labute approximate surface area is 135 Å². The van der Waals surface area contributed by atoms with Crippen LogP contribution >= 0.6 is 15.9 Å². The number of hydrogen-bond donors (Lipinski definition) is 0. The van der Waals surface area contributed by atoms with Gasteiger partial charge in [-0.3, -0.25) is 19.3 Å². The lowest BCUT2D eigenvalue weighted by atomic mass is 10.1. The molecule has 0 aromatic heterocycles. The van der Waals surface area contributed by atoms with Gasteiger partial charge in [0.15, 0.2) is 5.78 Å². The predicted molar refractivity (Wildman–Crippen MR) is 85.3 cm³/mol. The van der Waals surface area contributed by atoms with E-state index in [4.69, 9.17) is 0 Å². The Hall–Kier alpha value is -2.27. The van der Waals surface area contributed by atoms with Gasteiger partial charge in [-0.15, -0.1) is 0 Å². The number of halogens is 1. The zero-order valence-corrected chi connectivity index (χ0v) is 13.1. The minimum atomic E-state index is -0.628. The molecule has 5 heteroatoms. The maximum Gasteiger partial charge on any atom is 0.261 e. The molecule has 3 rings (SSSR count). The highest BCUT2D eigenvalue weighted by molar-refractivity contribution is 9.10. The van der Waals surface area contributed by atoms with Crippen LogP contribution in [0.3, 0.4) is 0 Å². The smallest absolute Gasteiger partial charge is 0.261 e. The maximum atomic E-state index is 12.3. The van der Waals surface area contributed by atoms with Crippen molar-refractivity contribution in [1.29, 1.82) is 0 Å². The second kappa shape index (κ2) is 5.85. The molecule has 0 saturated carbocycles. The van der Waals surface area contributed by atoms with E-state index in [0.29, 0.717) is 16.7 Å². The maximum absolute atomic E-state index is 12.3. The van der Waals surface area contributed by atoms with E-state index in [9.17, 15) is 14.4 Å². The fourth-order valence-electron chi connectivity index (χ4n) is 2.43. The molecule has 1 atom stereocenters. The quantitative estimate of drug-likeness (QED) is 0.480. The Kier molecular flexibility index (Phi) is 3.90. The summed E-state index contributed by atoms with van der Waals surface area (Å²) in [6.45, 7) is 0.0140. The van der Waals surface area contributed by atoms with Gasteiger partial charge in [-0.05, 0) is 12.1 Å². The van der Waals surface area contributed by atoms with Gasteiger partial charge in [0, 0.05) is 12.1 Å². The summed E-state index contributed by atoms with van der Waals surface area (Å²) in [5.74, 6) is -0.867. The first-order valence-corrected chi connectivity index (χ1v) is 7.69. The van der Waals surface area contributed by atoms with Gasteiger partial charge in [-0.25, -0.2) is 0 Å². The summed E-state index contributed by atoms with van der Waals surface area (Å²) in [5, 5.41) is 0. The average molecular weight is 358 g/mol. The average Bonchev–Trinajstić information content (AvgIpc) is 2.80. The van der Waals surface area contributed by atoms with E-state index in [2.05, 4.69) is 15.9 Å². The number of benzene rings is 2. The molecule has 0 spiro atoms. The standard InChI is InChI=1S/C17H12BrNO3/c18-14(15(20)11-6-2-1-3-7-11)10-19-16(21)12-8-4-5-9-13(12)17(19)22/h1-9,14H,10H2/t14-/m1/s1. The molecule has 0 fully saturated rings. The number of ketones is 1. The number of rotatable bonds is 4. The molecule has 0 saturated heterocycles. The molecule has 2 aromatic carbocycles. The van der Waals surface area contributed by atoms with E-state index in [1.807, 2.05) is 6.07 Å². The predicted octanol–water partition coefficient (Wildman–Crippen LogP) is 2.93. The number of nitrogens with zero attached hydrogens (tertiary/aromatic N) is 1. The topological polar surface area (TPSA) is 54.5 Å². The molecule has 0 N–H and O–H groups in total. The highest BCUT2D eigenvalue weighted by Gasteiger charge is 2.37. The Balaban J connectivity index is 1.79. The summed E-state index contributed by atoms with van der Waals surface area (Å²) in [4.78, 5) is 37.4. The van der Waals surface area contributed by atoms with Crippen LogP contribution in [0.25, 0.3) is 0 Å².